The minimum atomic E-state index is -0.0491. The highest BCUT2D eigenvalue weighted by Gasteiger charge is 2.15. The first kappa shape index (κ1) is 12.1. The molecule has 17 heavy (non-hydrogen) atoms. The molecule has 0 bridgehead atoms. The van der Waals surface area contributed by atoms with Crippen LogP contribution < -0.4 is 11.3 Å². The number of ether oxygens (including phenoxy) is 2. The summed E-state index contributed by atoms with van der Waals surface area (Å²) in [6.07, 6.45) is 2.71. The first-order valence-electron chi connectivity index (χ1n) is 5.87. The number of hydrogen-bond acceptors (Lipinski definition) is 4. The summed E-state index contributed by atoms with van der Waals surface area (Å²) in [4.78, 5) is 11.5. The smallest absolute Gasteiger partial charge is 0.250 e. The molecule has 0 spiro atoms. The SMILES string of the molecule is Nc1ccc(=O)n(CCOCC2CCOC2)c1. The van der Waals surface area contributed by atoms with Crippen molar-refractivity contribution in [3.8, 4) is 0 Å². The van der Waals surface area contributed by atoms with Crippen LogP contribution in [0, 0.1) is 5.92 Å². The zero-order valence-corrected chi connectivity index (χ0v) is 9.80. The van der Waals surface area contributed by atoms with E-state index in [9.17, 15) is 4.79 Å². The van der Waals surface area contributed by atoms with Crippen LogP contribution in [-0.4, -0.2) is 31.0 Å². The number of pyridine rings is 1. The van der Waals surface area contributed by atoms with Gasteiger partial charge in [-0.2, -0.15) is 0 Å². The number of aromatic nitrogens is 1. The molecule has 94 valence electrons. The van der Waals surface area contributed by atoms with E-state index in [0.29, 0.717) is 31.4 Å². The van der Waals surface area contributed by atoms with Gasteiger partial charge in [-0.15, -0.1) is 0 Å². The topological polar surface area (TPSA) is 66.5 Å². The Balaban J connectivity index is 1.74. The highest BCUT2D eigenvalue weighted by molar-refractivity contribution is 5.33. The van der Waals surface area contributed by atoms with Crippen LogP contribution in [0.15, 0.2) is 23.1 Å². The molecule has 0 aromatic carbocycles. The summed E-state index contributed by atoms with van der Waals surface area (Å²) >= 11 is 0. The fraction of sp³-hybridized carbons (Fsp3) is 0.583. The molecule has 1 aromatic rings. The van der Waals surface area contributed by atoms with Crippen LogP contribution in [-0.2, 0) is 16.0 Å². The Morgan fingerprint density at radius 2 is 2.41 bits per heavy atom. The summed E-state index contributed by atoms with van der Waals surface area (Å²) < 4.78 is 12.4. The van der Waals surface area contributed by atoms with E-state index < -0.39 is 0 Å². The van der Waals surface area contributed by atoms with Crippen LogP contribution in [0.3, 0.4) is 0 Å². The minimum absolute atomic E-state index is 0.0491. The fourth-order valence-electron chi connectivity index (χ4n) is 1.85. The lowest BCUT2D eigenvalue weighted by atomic mass is 10.1. The molecule has 1 aliphatic rings. The zero-order valence-electron chi connectivity index (χ0n) is 9.80. The molecule has 0 amide bonds. The van der Waals surface area contributed by atoms with Gasteiger partial charge >= 0.3 is 0 Å². The second kappa shape index (κ2) is 5.84. The third kappa shape index (κ3) is 3.57. The third-order valence-electron chi connectivity index (χ3n) is 2.86. The average molecular weight is 238 g/mol. The van der Waals surface area contributed by atoms with Crippen molar-refractivity contribution in [2.24, 2.45) is 5.92 Å². The zero-order chi connectivity index (χ0) is 12.1. The standard InChI is InChI=1S/C12H18N2O3/c13-11-1-2-12(15)14(7-11)4-6-17-9-10-3-5-16-8-10/h1-2,7,10H,3-6,8-9,13H2. The van der Waals surface area contributed by atoms with Gasteiger partial charge in [0.05, 0.1) is 19.8 Å². The Labute approximate surface area is 100 Å². The van der Waals surface area contributed by atoms with Gasteiger partial charge in [0.25, 0.3) is 5.56 Å². The van der Waals surface area contributed by atoms with Gasteiger partial charge in [-0.05, 0) is 12.5 Å². The van der Waals surface area contributed by atoms with Crippen LogP contribution in [0.25, 0.3) is 0 Å². The maximum Gasteiger partial charge on any atom is 0.250 e. The van der Waals surface area contributed by atoms with E-state index in [0.717, 1.165) is 19.6 Å². The van der Waals surface area contributed by atoms with Gasteiger partial charge in [0.2, 0.25) is 0 Å². The predicted octanol–water partition coefficient (Wildman–Crippen LogP) is 0.484. The second-order valence-corrected chi connectivity index (χ2v) is 4.30. The first-order chi connectivity index (χ1) is 8.25. The maximum atomic E-state index is 11.5. The Kier molecular flexibility index (Phi) is 4.17. The fourth-order valence-corrected chi connectivity index (χ4v) is 1.85. The Morgan fingerprint density at radius 1 is 1.53 bits per heavy atom. The van der Waals surface area contributed by atoms with Gasteiger partial charge in [-0.25, -0.2) is 0 Å². The van der Waals surface area contributed by atoms with E-state index in [2.05, 4.69) is 0 Å². The van der Waals surface area contributed by atoms with Crippen molar-refractivity contribution in [3.05, 3.63) is 28.7 Å². The molecule has 1 aromatic heterocycles. The van der Waals surface area contributed by atoms with Crippen molar-refractivity contribution < 1.29 is 9.47 Å². The highest BCUT2D eigenvalue weighted by Crippen LogP contribution is 2.12. The average Bonchev–Trinajstić information content (AvgIpc) is 2.82. The van der Waals surface area contributed by atoms with Gasteiger partial charge in [-0.1, -0.05) is 0 Å². The molecule has 5 heteroatoms. The molecule has 2 heterocycles. The minimum Gasteiger partial charge on any atom is -0.398 e. The largest absolute Gasteiger partial charge is 0.398 e. The molecular formula is C12H18N2O3. The molecule has 2 rings (SSSR count). The number of hydrogen-bond donors (Lipinski definition) is 1. The molecule has 1 atom stereocenters. The normalized spacial score (nSPS) is 19.6. The van der Waals surface area contributed by atoms with E-state index in [1.54, 1.807) is 16.8 Å². The molecule has 0 radical (unpaired) electrons. The van der Waals surface area contributed by atoms with Gasteiger partial charge in [0, 0.05) is 37.0 Å². The second-order valence-electron chi connectivity index (χ2n) is 4.30. The summed E-state index contributed by atoms with van der Waals surface area (Å²) in [6, 6.07) is 3.08. The van der Waals surface area contributed by atoms with Crippen LogP contribution in [0.2, 0.25) is 0 Å². The molecule has 5 nitrogen and oxygen atoms in total. The van der Waals surface area contributed by atoms with Crippen molar-refractivity contribution >= 4 is 5.69 Å². The van der Waals surface area contributed by atoms with E-state index in [1.807, 2.05) is 0 Å². The molecule has 1 saturated heterocycles. The molecule has 1 fully saturated rings. The summed E-state index contributed by atoms with van der Waals surface area (Å²) in [6.45, 7) is 3.40. The number of rotatable bonds is 5. The Morgan fingerprint density at radius 3 is 3.18 bits per heavy atom. The van der Waals surface area contributed by atoms with Crippen LogP contribution in [0.4, 0.5) is 5.69 Å². The lowest BCUT2D eigenvalue weighted by Gasteiger charge is -2.10. The van der Waals surface area contributed by atoms with E-state index in [1.165, 1.54) is 6.07 Å². The third-order valence-corrected chi connectivity index (χ3v) is 2.86. The number of anilines is 1. The highest BCUT2D eigenvalue weighted by atomic mass is 16.5. The number of nitrogens with two attached hydrogens (primary N) is 1. The molecular weight excluding hydrogens is 220 g/mol. The first-order valence-corrected chi connectivity index (χ1v) is 5.87. The molecule has 1 unspecified atom stereocenters. The van der Waals surface area contributed by atoms with Crippen LogP contribution in [0.5, 0.6) is 0 Å². The van der Waals surface area contributed by atoms with Gasteiger partial charge in [0.15, 0.2) is 0 Å². The summed E-state index contributed by atoms with van der Waals surface area (Å²) in [5.74, 6) is 0.507. The van der Waals surface area contributed by atoms with Crippen molar-refractivity contribution in [2.75, 3.05) is 32.2 Å². The maximum absolute atomic E-state index is 11.5. The number of nitrogens with zero attached hydrogens (tertiary/aromatic N) is 1. The van der Waals surface area contributed by atoms with E-state index >= 15 is 0 Å². The molecule has 1 aliphatic heterocycles. The summed E-state index contributed by atoms with van der Waals surface area (Å²) in [5, 5.41) is 0. The van der Waals surface area contributed by atoms with E-state index in [-0.39, 0.29) is 5.56 Å². The van der Waals surface area contributed by atoms with Crippen LogP contribution >= 0.6 is 0 Å². The monoisotopic (exact) mass is 238 g/mol. The van der Waals surface area contributed by atoms with Gasteiger partial charge < -0.3 is 19.8 Å². The van der Waals surface area contributed by atoms with E-state index in [4.69, 9.17) is 15.2 Å². The Bertz CT molecular complexity index is 410. The summed E-state index contributed by atoms with van der Waals surface area (Å²) in [5.41, 5.74) is 6.16. The molecule has 2 N–H and O–H groups in total. The predicted molar refractivity (Wildman–Crippen MR) is 64.9 cm³/mol. The van der Waals surface area contributed by atoms with Gasteiger partial charge in [0.1, 0.15) is 0 Å². The summed E-state index contributed by atoms with van der Waals surface area (Å²) in [7, 11) is 0. The quantitative estimate of drug-likeness (QED) is 0.758. The Hall–Kier alpha value is -1.33. The lowest BCUT2D eigenvalue weighted by molar-refractivity contribution is 0.0842. The van der Waals surface area contributed by atoms with Gasteiger partial charge in [-0.3, -0.25) is 4.79 Å². The van der Waals surface area contributed by atoms with Crippen molar-refractivity contribution in [1.29, 1.82) is 0 Å². The number of nitrogen functional groups attached to an aromatic ring is 1. The van der Waals surface area contributed by atoms with Crippen molar-refractivity contribution in [1.82, 2.24) is 4.57 Å². The molecule has 0 saturated carbocycles. The lowest BCUT2D eigenvalue weighted by Crippen LogP contribution is -2.22. The van der Waals surface area contributed by atoms with Crippen LogP contribution in [0.1, 0.15) is 6.42 Å². The molecule has 0 aliphatic carbocycles. The van der Waals surface area contributed by atoms with Crippen molar-refractivity contribution in [2.45, 2.75) is 13.0 Å². The van der Waals surface area contributed by atoms with Crippen molar-refractivity contribution in [3.63, 3.8) is 0 Å².